The standard InChI is InChI=1S/C10H17ClN4S/c1-7(12)8-2-4-15(5-3-8)6-9-13-14-10(11)16-9/h7-8H,2-6,12H2,1H3. The van der Waals surface area contributed by atoms with E-state index in [1.165, 1.54) is 24.2 Å². The van der Waals surface area contributed by atoms with E-state index in [0.717, 1.165) is 24.6 Å². The van der Waals surface area contributed by atoms with Gasteiger partial charge in [0.2, 0.25) is 4.47 Å². The second kappa shape index (κ2) is 5.40. The van der Waals surface area contributed by atoms with Crippen LogP contribution < -0.4 is 5.73 Å². The fourth-order valence-corrected chi connectivity index (χ4v) is 3.03. The number of nitrogens with zero attached hydrogens (tertiary/aromatic N) is 3. The summed E-state index contributed by atoms with van der Waals surface area (Å²) < 4.78 is 0.528. The summed E-state index contributed by atoms with van der Waals surface area (Å²) in [5.74, 6) is 0.675. The molecule has 0 amide bonds. The Morgan fingerprint density at radius 1 is 1.50 bits per heavy atom. The predicted octanol–water partition coefficient (Wildman–Crippen LogP) is 1.75. The van der Waals surface area contributed by atoms with Crippen molar-refractivity contribution in [2.75, 3.05) is 13.1 Å². The fraction of sp³-hybridized carbons (Fsp3) is 0.800. The van der Waals surface area contributed by atoms with E-state index in [9.17, 15) is 0 Å². The van der Waals surface area contributed by atoms with Gasteiger partial charge in [0.25, 0.3) is 0 Å². The van der Waals surface area contributed by atoms with Crippen LogP contribution in [0.1, 0.15) is 24.8 Å². The Balaban J connectivity index is 1.81. The van der Waals surface area contributed by atoms with Crippen molar-refractivity contribution in [2.45, 2.75) is 32.4 Å². The quantitative estimate of drug-likeness (QED) is 0.900. The molecule has 1 aromatic heterocycles. The molecule has 1 aliphatic heterocycles. The number of hydrogen-bond acceptors (Lipinski definition) is 5. The van der Waals surface area contributed by atoms with E-state index in [1.807, 2.05) is 0 Å². The Labute approximate surface area is 105 Å². The number of rotatable bonds is 3. The predicted molar refractivity (Wildman–Crippen MR) is 66.6 cm³/mol. The zero-order chi connectivity index (χ0) is 11.5. The summed E-state index contributed by atoms with van der Waals surface area (Å²) >= 11 is 7.22. The first kappa shape index (κ1) is 12.2. The van der Waals surface area contributed by atoms with Crippen molar-refractivity contribution in [1.82, 2.24) is 15.1 Å². The molecular weight excluding hydrogens is 244 g/mol. The Hall–Kier alpha value is -0.230. The molecule has 0 spiro atoms. The highest BCUT2D eigenvalue weighted by Gasteiger charge is 2.22. The molecule has 1 unspecified atom stereocenters. The molecule has 0 bridgehead atoms. The number of aromatic nitrogens is 2. The smallest absolute Gasteiger partial charge is 0.207 e. The molecule has 0 saturated carbocycles. The minimum Gasteiger partial charge on any atom is -0.328 e. The van der Waals surface area contributed by atoms with E-state index in [1.54, 1.807) is 0 Å². The zero-order valence-corrected chi connectivity index (χ0v) is 11.0. The highest BCUT2D eigenvalue weighted by atomic mass is 35.5. The molecule has 16 heavy (non-hydrogen) atoms. The van der Waals surface area contributed by atoms with Gasteiger partial charge in [-0.15, -0.1) is 10.2 Å². The Morgan fingerprint density at radius 2 is 2.19 bits per heavy atom. The van der Waals surface area contributed by atoms with Crippen molar-refractivity contribution in [3.8, 4) is 0 Å². The SMILES string of the molecule is CC(N)C1CCN(Cc2nnc(Cl)s2)CC1. The minimum atomic E-state index is 0.318. The lowest BCUT2D eigenvalue weighted by Crippen LogP contribution is -2.39. The largest absolute Gasteiger partial charge is 0.328 e. The lowest BCUT2D eigenvalue weighted by atomic mass is 9.91. The molecule has 1 fully saturated rings. The highest BCUT2D eigenvalue weighted by Crippen LogP contribution is 2.22. The Bertz CT molecular complexity index is 333. The van der Waals surface area contributed by atoms with Gasteiger partial charge in [-0.25, -0.2) is 0 Å². The van der Waals surface area contributed by atoms with E-state index in [0.29, 0.717) is 16.4 Å². The maximum Gasteiger partial charge on any atom is 0.207 e. The van der Waals surface area contributed by atoms with Crippen molar-refractivity contribution >= 4 is 22.9 Å². The zero-order valence-electron chi connectivity index (χ0n) is 9.40. The van der Waals surface area contributed by atoms with Gasteiger partial charge in [0.05, 0.1) is 6.54 Å². The number of halogens is 1. The maximum atomic E-state index is 5.91. The van der Waals surface area contributed by atoms with Crippen LogP contribution in [0.15, 0.2) is 0 Å². The van der Waals surface area contributed by atoms with Crippen molar-refractivity contribution in [2.24, 2.45) is 11.7 Å². The van der Waals surface area contributed by atoms with Crippen molar-refractivity contribution in [1.29, 1.82) is 0 Å². The normalized spacial score (nSPS) is 21.2. The van der Waals surface area contributed by atoms with Crippen LogP contribution in [0.2, 0.25) is 4.47 Å². The third-order valence-corrected chi connectivity index (χ3v) is 4.18. The van der Waals surface area contributed by atoms with Crippen molar-refractivity contribution in [3.05, 3.63) is 9.47 Å². The lowest BCUT2D eigenvalue weighted by Gasteiger charge is -2.32. The summed E-state index contributed by atoms with van der Waals surface area (Å²) in [6.45, 7) is 5.17. The summed E-state index contributed by atoms with van der Waals surface area (Å²) in [6, 6.07) is 0.318. The molecule has 6 heteroatoms. The van der Waals surface area contributed by atoms with Crippen LogP contribution in [0.5, 0.6) is 0 Å². The van der Waals surface area contributed by atoms with E-state index in [2.05, 4.69) is 22.0 Å². The molecule has 0 radical (unpaired) electrons. The first-order valence-corrected chi connectivity index (χ1v) is 6.80. The van der Waals surface area contributed by atoms with Gasteiger partial charge < -0.3 is 5.73 Å². The molecule has 1 saturated heterocycles. The first-order chi connectivity index (χ1) is 7.65. The molecule has 0 aliphatic carbocycles. The average Bonchev–Trinajstić information content (AvgIpc) is 2.65. The van der Waals surface area contributed by atoms with E-state index >= 15 is 0 Å². The van der Waals surface area contributed by atoms with Gasteiger partial charge in [-0.05, 0) is 50.4 Å². The number of likely N-dealkylation sites (tertiary alicyclic amines) is 1. The van der Waals surface area contributed by atoms with Gasteiger partial charge in [0.15, 0.2) is 0 Å². The van der Waals surface area contributed by atoms with Crippen LogP contribution in [0, 0.1) is 5.92 Å². The number of hydrogen-bond donors (Lipinski definition) is 1. The number of nitrogens with two attached hydrogens (primary N) is 1. The molecule has 1 aromatic rings. The summed E-state index contributed by atoms with van der Waals surface area (Å²) in [5, 5.41) is 8.85. The molecule has 2 rings (SSSR count). The summed E-state index contributed by atoms with van der Waals surface area (Å²) in [6.07, 6.45) is 2.37. The highest BCUT2D eigenvalue weighted by molar-refractivity contribution is 7.15. The van der Waals surface area contributed by atoms with Gasteiger partial charge in [0, 0.05) is 6.04 Å². The summed E-state index contributed by atoms with van der Waals surface area (Å²) in [5.41, 5.74) is 5.91. The molecule has 4 nitrogen and oxygen atoms in total. The second-order valence-electron chi connectivity index (χ2n) is 4.42. The lowest BCUT2D eigenvalue weighted by molar-refractivity contribution is 0.165. The van der Waals surface area contributed by atoms with Crippen molar-refractivity contribution < 1.29 is 0 Å². The third-order valence-electron chi connectivity index (χ3n) is 3.18. The second-order valence-corrected chi connectivity index (χ2v) is 6.07. The van der Waals surface area contributed by atoms with Crippen LogP contribution in [-0.2, 0) is 6.54 Å². The van der Waals surface area contributed by atoms with E-state index in [4.69, 9.17) is 17.3 Å². The molecule has 2 heterocycles. The minimum absolute atomic E-state index is 0.318. The van der Waals surface area contributed by atoms with Crippen molar-refractivity contribution in [3.63, 3.8) is 0 Å². The van der Waals surface area contributed by atoms with Gasteiger partial charge >= 0.3 is 0 Å². The molecule has 0 aromatic carbocycles. The molecule has 1 aliphatic rings. The van der Waals surface area contributed by atoms with Gasteiger partial charge in [0.1, 0.15) is 5.01 Å². The third kappa shape index (κ3) is 3.13. The van der Waals surface area contributed by atoms with Crippen LogP contribution in [-0.4, -0.2) is 34.2 Å². The van der Waals surface area contributed by atoms with Crippen LogP contribution in [0.4, 0.5) is 0 Å². The summed E-state index contributed by atoms with van der Waals surface area (Å²) in [7, 11) is 0. The van der Waals surface area contributed by atoms with E-state index < -0.39 is 0 Å². The monoisotopic (exact) mass is 260 g/mol. The van der Waals surface area contributed by atoms with Crippen LogP contribution in [0.3, 0.4) is 0 Å². The molecule has 2 N–H and O–H groups in total. The molecule has 1 atom stereocenters. The van der Waals surface area contributed by atoms with Gasteiger partial charge in [-0.1, -0.05) is 11.3 Å². The molecular formula is C10H17ClN4S. The summed E-state index contributed by atoms with van der Waals surface area (Å²) in [4.78, 5) is 2.40. The maximum absolute atomic E-state index is 5.91. The van der Waals surface area contributed by atoms with Gasteiger partial charge in [-0.3, -0.25) is 4.90 Å². The topological polar surface area (TPSA) is 55.0 Å². The van der Waals surface area contributed by atoms with Gasteiger partial charge in [-0.2, -0.15) is 0 Å². The van der Waals surface area contributed by atoms with Crippen LogP contribution >= 0.6 is 22.9 Å². The molecule has 90 valence electrons. The van der Waals surface area contributed by atoms with E-state index in [-0.39, 0.29) is 0 Å². The number of piperidine rings is 1. The Morgan fingerprint density at radius 3 is 2.69 bits per heavy atom. The fourth-order valence-electron chi connectivity index (χ4n) is 2.13. The average molecular weight is 261 g/mol. The van der Waals surface area contributed by atoms with Crippen LogP contribution in [0.25, 0.3) is 0 Å². The Kier molecular flexibility index (Phi) is 4.13. The first-order valence-electron chi connectivity index (χ1n) is 5.61.